The van der Waals surface area contributed by atoms with Crippen LogP contribution in [0, 0.1) is 6.92 Å². The number of carbonyl (C=O) groups excluding carboxylic acids is 1. The summed E-state index contributed by atoms with van der Waals surface area (Å²) in [5.41, 5.74) is 0.704. The zero-order chi connectivity index (χ0) is 14.8. The molecule has 0 N–H and O–H groups in total. The van der Waals surface area contributed by atoms with E-state index in [0.29, 0.717) is 0 Å². The smallest absolute Gasteiger partial charge is 0.322 e. The van der Waals surface area contributed by atoms with Gasteiger partial charge in [-0.25, -0.2) is 0 Å². The van der Waals surface area contributed by atoms with Gasteiger partial charge in [-0.1, -0.05) is 15.9 Å². The van der Waals surface area contributed by atoms with Gasteiger partial charge in [-0.3, -0.25) is 4.79 Å². The molecule has 0 saturated heterocycles. The van der Waals surface area contributed by atoms with Gasteiger partial charge in [-0.2, -0.15) is 0 Å². The quantitative estimate of drug-likeness (QED) is 0.571. The Balaban J connectivity index is 2.83. The molecule has 4 heteroatoms. The lowest BCUT2D eigenvalue weighted by Crippen LogP contribution is -2.36. The van der Waals surface area contributed by atoms with Crippen LogP contribution in [0.1, 0.15) is 40.2 Å². The number of benzene rings is 1. The highest BCUT2D eigenvalue weighted by molar-refractivity contribution is 9.10. The second kappa shape index (κ2) is 5.88. The molecule has 0 heterocycles. The molecule has 0 saturated carbocycles. The van der Waals surface area contributed by atoms with E-state index < -0.39 is 10.3 Å². The fraction of sp³-hybridized carbons (Fsp3) is 0.533. The minimum Gasteiger partial charge on any atom is -0.459 e. The fourth-order valence-electron chi connectivity index (χ4n) is 1.42. The Morgan fingerprint density at radius 1 is 1.21 bits per heavy atom. The number of esters is 1. The third-order valence-corrected chi connectivity index (χ3v) is 4.45. The Morgan fingerprint density at radius 3 is 2.26 bits per heavy atom. The third-order valence-electron chi connectivity index (χ3n) is 2.39. The monoisotopic (exact) mass is 344 g/mol. The van der Waals surface area contributed by atoms with E-state index in [4.69, 9.17) is 4.74 Å². The Kier molecular flexibility index (Phi) is 5.13. The van der Waals surface area contributed by atoms with Crippen LogP contribution in [0.2, 0.25) is 0 Å². The van der Waals surface area contributed by atoms with Crippen molar-refractivity contribution in [2.45, 2.75) is 56.8 Å². The van der Waals surface area contributed by atoms with Gasteiger partial charge in [0.2, 0.25) is 0 Å². The summed E-state index contributed by atoms with van der Waals surface area (Å²) in [6.45, 7) is 11.5. The lowest BCUT2D eigenvalue weighted by Gasteiger charge is -2.28. The lowest BCUT2D eigenvalue weighted by atomic mass is 10.1. The van der Waals surface area contributed by atoms with Crippen LogP contribution in [-0.4, -0.2) is 16.3 Å². The van der Waals surface area contributed by atoms with Gasteiger partial charge in [0.05, 0.1) is 0 Å². The van der Waals surface area contributed by atoms with Crippen molar-refractivity contribution >= 4 is 33.7 Å². The average Bonchev–Trinajstić information content (AvgIpc) is 2.20. The average molecular weight is 345 g/mol. The fourth-order valence-corrected chi connectivity index (χ4v) is 2.75. The van der Waals surface area contributed by atoms with Crippen molar-refractivity contribution in [1.29, 1.82) is 0 Å². The summed E-state index contributed by atoms with van der Waals surface area (Å²) in [4.78, 5) is 13.3. The summed E-state index contributed by atoms with van der Waals surface area (Å²) in [6, 6.07) is 6.08. The van der Waals surface area contributed by atoms with Crippen molar-refractivity contribution in [3.63, 3.8) is 0 Å². The van der Waals surface area contributed by atoms with Gasteiger partial charge in [0.25, 0.3) is 0 Å². The van der Waals surface area contributed by atoms with Crippen molar-refractivity contribution in [3.8, 4) is 0 Å². The van der Waals surface area contributed by atoms with E-state index >= 15 is 0 Å². The van der Waals surface area contributed by atoms with Crippen LogP contribution in [0.5, 0.6) is 0 Å². The maximum Gasteiger partial charge on any atom is 0.322 e. The van der Waals surface area contributed by atoms with Gasteiger partial charge in [-0.15, -0.1) is 11.8 Å². The highest BCUT2D eigenvalue weighted by atomic mass is 79.9. The van der Waals surface area contributed by atoms with E-state index in [1.54, 1.807) is 0 Å². The van der Waals surface area contributed by atoms with E-state index in [2.05, 4.69) is 22.0 Å². The molecule has 0 aromatic heterocycles. The number of hydrogen-bond donors (Lipinski definition) is 0. The Labute approximate surface area is 128 Å². The molecule has 1 aromatic rings. The van der Waals surface area contributed by atoms with Crippen molar-refractivity contribution in [2.24, 2.45) is 0 Å². The Hall–Kier alpha value is -0.480. The normalized spacial score (nSPS) is 12.4. The molecule has 19 heavy (non-hydrogen) atoms. The molecule has 0 aliphatic carbocycles. The maximum absolute atomic E-state index is 12.2. The van der Waals surface area contributed by atoms with E-state index in [9.17, 15) is 4.79 Å². The third kappa shape index (κ3) is 5.19. The topological polar surface area (TPSA) is 26.3 Å². The van der Waals surface area contributed by atoms with Gasteiger partial charge in [0, 0.05) is 9.37 Å². The van der Waals surface area contributed by atoms with Crippen molar-refractivity contribution in [1.82, 2.24) is 0 Å². The molecule has 0 amide bonds. The molecular formula is C15H21BrO2S. The molecular weight excluding hydrogens is 324 g/mol. The van der Waals surface area contributed by atoms with Crippen molar-refractivity contribution in [2.75, 3.05) is 0 Å². The summed E-state index contributed by atoms with van der Waals surface area (Å²) in [6.07, 6.45) is 0. The second-order valence-corrected chi connectivity index (χ2v) is 8.58. The van der Waals surface area contributed by atoms with E-state index in [1.165, 1.54) is 11.8 Å². The predicted octanol–water partition coefficient (Wildman–Crippen LogP) is 4.97. The Morgan fingerprint density at radius 2 is 1.79 bits per heavy atom. The van der Waals surface area contributed by atoms with Crippen molar-refractivity contribution in [3.05, 3.63) is 28.2 Å². The first-order valence-corrected chi connectivity index (χ1v) is 7.81. The number of ether oxygens (including phenoxy) is 1. The number of halogens is 1. The number of thioether (sulfide) groups is 1. The van der Waals surface area contributed by atoms with Crippen LogP contribution in [0.3, 0.4) is 0 Å². The van der Waals surface area contributed by atoms with Gasteiger partial charge in [0.15, 0.2) is 0 Å². The highest BCUT2D eigenvalue weighted by Crippen LogP contribution is 2.36. The highest BCUT2D eigenvalue weighted by Gasteiger charge is 2.33. The zero-order valence-electron chi connectivity index (χ0n) is 12.3. The molecule has 0 unspecified atom stereocenters. The summed E-state index contributed by atoms with van der Waals surface area (Å²) in [5, 5.41) is 0. The maximum atomic E-state index is 12.2. The van der Waals surface area contributed by atoms with Gasteiger partial charge in [0.1, 0.15) is 10.3 Å². The molecule has 0 bridgehead atoms. The SMILES string of the molecule is Cc1cc(SC(C)(C)C(=O)OC(C)(C)C)ccc1Br. The molecule has 0 aliphatic rings. The summed E-state index contributed by atoms with van der Waals surface area (Å²) in [7, 11) is 0. The summed E-state index contributed by atoms with van der Waals surface area (Å²) >= 11 is 5.00. The molecule has 1 rings (SSSR count). The zero-order valence-corrected chi connectivity index (χ0v) is 14.7. The molecule has 0 fully saturated rings. The molecule has 0 atom stereocenters. The van der Waals surface area contributed by atoms with E-state index in [-0.39, 0.29) is 5.97 Å². The van der Waals surface area contributed by atoms with Crippen LogP contribution in [0.4, 0.5) is 0 Å². The van der Waals surface area contributed by atoms with Crippen LogP contribution >= 0.6 is 27.7 Å². The summed E-state index contributed by atoms with van der Waals surface area (Å²) < 4.78 is 5.93. The minimum atomic E-state index is -0.604. The van der Waals surface area contributed by atoms with Crippen LogP contribution < -0.4 is 0 Å². The molecule has 0 aliphatic heterocycles. The first-order chi connectivity index (χ1) is 8.51. The van der Waals surface area contributed by atoms with Gasteiger partial charge >= 0.3 is 5.97 Å². The number of aryl methyl sites for hydroxylation is 1. The first-order valence-electron chi connectivity index (χ1n) is 6.20. The van der Waals surface area contributed by atoms with Crippen LogP contribution in [-0.2, 0) is 9.53 Å². The minimum absolute atomic E-state index is 0.189. The van der Waals surface area contributed by atoms with Gasteiger partial charge < -0.3 is 4.74 Å². The number of carbonyl (C=O) groups is 1. The van der Waals surface area contributed by atoms with Gasteiger partial charge in [-0.05, 0) is 65.3 Å². The second-order valence-electron chi connectivity index (χ2n) is 6.03. The molecule has 0 radical (unpaired) electrons. The first kappa shape index (κ1) is 16.6. The lowest BCUT2D eigenvalue weighted by molar-refractivity contribution is -0.156. The van der Waals surface area contributed by atoms with Crippen LogP contribution in [0.15, 0.2) is 27.6 Å². The number of hydrogen-bond acceptors (Lipinski definition) is 3. The molecule has 2 nitrogen and oxygen atoms in total. The number of rotatable bonds is 3. The standard InChI is InChI=1S/C15H21BrO2S/c1-10-9-11(7-8-12(10)16)19-15(5,6)13(17)18-14(2,3)4/h7-9H,1-6H3. The Bertz CT molecular complexity index is 476. The largest absolute Gasteiger partial charge is 0.459 e. The molecule has 1 aromatic carbocycles. The van der Waals surface area contributed by atoms with Crippen molar-refractivity contribution < 1.29 is 9.53 Å². The molecule has 0 spiro atoms. The summed E-state index contributed by atoms with van der Waals surface area (Å²) in [5.74, 6) is -0.189. The predicted molar refractivity (Wildman–Crippen MR) is 84.7 cm³/mol. The molecule has 106 valence electrons. The van der Waals surface area contributed by atoms with E-state index in [0.717, 1.165) is 14.9 Å². The van der Waals surface area contributed by atoms with Crippen LogP contribution in [0.25, 0.3) is 0 Å². The van der Waals surface area contributed by atoms with E-state index in [1.807, 2.05) is 53.7 Å².